The SMILES string of the molecule is CCOC(=O)C(CCC=C(Cn1ccnc1)c1ccccc1)ON. The fraction of sp³-hybridized carbons (Fsp3) is 0.333. The molecule has 2 rings (SSSR count). The molecule has 2 N–H and O–H groups in total. The molecule has 1 heterocycles. The minimum Gasteiger partial charge on any atom is -0.464 e. The summed E-state index contributed by atoms with van der Waals surface area (Å²) < 4.78 is 6.95. The molecular weight excluding hydrogens is 306 g/mol. The molecule has 0 radical (unpaired) electrons. The van der Waals surface area contributed by atoms with Crippen LogP contribution in [0.3, 0.4) is 0 Å². The Morgan fingerprint density at radius 1 is 1.38 bits per heavy atom. The highest BCUT2D eigenvalue weighted by molar-refractivity contribution is 5.74. The lowest BCUT2D eigenvalue weighted by molar-refractivity contribution is -0.157. The van der Waals surface area contributed by atoms with Gasteiger partial charge in [0.25, 0.3) is 0 Å². The van der Waals surface area contributed by atoms with Crippen molar-refractivity contribution >= 4 is 11.5 Å². The number of benzene rings is 1. The van der Waals surface area contributed by atoms with Gasteiger partial charge in [0.2, 0.25) is 0 Å². The third-order valence-electron chi connectivity index (χ3n) is 3.59. The largest absolute Gasteiger partial charge is 0.464 e. The second-order valence-electron chi connectivity index (χ2n) is 5.28. The molecule has 6 nitrogen and oxygen atoms in total. The van der Waals surface area contributed by atoms with Gasteiger partial charge in [0.15, 0.2) is 6.10 Å². The van der Waals surface area contributed by atoms with Gasteiger partial charge in [-0.1, -0.05) is 36.4 Å². The number of esters is 1. The van der Waals surface area contributed by atoms with Gasteiger partial charge in [0.05, 0.1) is 12.9 Å². The maximum Gasteiger partial charge on any atom is 0.337 e. The zero-order chi connectivity index (χ0) is 17.2. The van der Waals surface area contributed by atoms with E-state index in [1.54, 1.807) is 19.4 Å². The van der Waals surface area contributed by atoms with Crippen LogP contribution >= 0.6 is 0 Å². The van der Waals surface area contributed by atoms with Gasteiger partial charge in [-0.05, 0) is 30.9 Å². The Bertz CT molecular complexity index is 639. The van der Waals surface area contributed by atoms with Crippen molar-refractivity contribution in [3.05, 3.63) is 60.7 Å². The van der Waals surface area contributed by atoms with E-state index in [0.717, 1.165) is 11.1 Å². The number of hydrogen-bond donors (Lipinski definition) is 1. The van der Waals surface area contributed by atoms with Crippen LogP contribution in [-0.2, 0) is 20.9 Å². The lowest BCUT2D eigenvalue weighted by Gasteiger charge is -2.13. The molecule has 0 saturated carbocycles. The third kappa shape index (κ3) is 5.33. The van der Waals surface area contributed by atoms with Gasteiger partial charge in [0.1, 0.15) is 0 Å². The van der Waals surface area contributed by atoms with Crippen molar-refractivity contribution in [2.45, 2.75) is 32.4 Å². The number of nitrogens with zero attached hydrogens (tertiary/aromatic N) is 2. The quantitative estimate of drug-likeness (QED) is 0.565. The summed E-state index contributed by atoms with van der Waals surface area (Å²) in [7, 11) is 0. The van der Waals surface area contributed by atoms with Crippen molar-refractivity contribution in [3.63, 3.8) is 0 Å². The van der Waals surface area contributed by atoms with Crippen molar-refractivity contribution in [3.8, 4) is 0 Å². The average molecular weight is 329 g/mol. The normalized spacial score (nSPS) is 12.8. The number of hydrogen-bond acceptors (Lipinski definition) is 5. The summed E-state index contributed by atoms with van der Waals surface area (Å²) in [6.07, 6.45) is 7.92. The zero-order valence-corrected chi connectivity index (χ0v) is 13.8. The van der Waals surface area contributed by atoms with Gasteiger partial charge in [-0.3, -0.25) is 4.84 Å². The summed E-state index contributed by atoms with van der Waals surface area (Å²) in [6.45, 7) is 2.77. The number of allylic oxidation sites excluding steroid dienone is 2. The number of nitrogens with two attached hydrogens (primary N) is 1. The lowest BCUT2D eigenvalue weighted by atomic mass is 10.0. The predicted octanol–water partition coefficient (Wildman–Crippen LogP) is 2.57. The minimum absolute atomic E-state index is 0.310. The molecule has 0 fully saturated rings. The Balaban J connectivity index is 2.06. The average Bonchev–Trinajstić information content (AvgIpc) is 3.11. The van der Waals surface area contributed by atoms with Crippen LogP contribution in [0.4, 0.5) is 0 Å². The van der Waals surface area contributed by atoms with Gasteiger partial charge >= 0.3 is 5.97 Å². The summed E-state index contributed by atoms with van der Waals surface area (Å²) in [6, 6.07) is 10.1. The van der Waals surface area contributed by atoms with Gasteiger partial charge < -0.3 is 9.30 Å². The van der Waals surface area contributed by atoms with Crippen LogP contribution in [0.2, 0.25) is 0 Å². The number of ether oxygens (including phenoxy) is 1. The Hall–Kier alpha value is -2.44. The van der Waals surface area contributed by atoms with Crippen LogP contribution in [0, 0.1) is 0 Å². The van der Waals surface area contributed by atoms with E-state index in [1.807, 2.05) is 29.0 Å². The number of rotatable bonds is 9. The second-order valence-corrected chi connectivity index (χ2v) is 5.28. The third-order valence-corrected chi connectivity index (χ3v) is 3.59. The molecule has 2 aromatic rings. The van der Waals surface area contributed by atoms with E-state index in [4.69, 9.17) is 15.5 Å². The summed E-state index contributed by atoms with van der Waals surface area (Å²) >= 11 is 0. The summed E-state index contributed by atoms with van der Waals surface area (Å²) in [5.74, 6) is 4.78. The fourth-order valence-corrected chi connectivity index (χ4v) is 2.39. The maximum atomic E-state index is 11.7. The van der Waals surface area contributed by atoms with Gasteiger partial charge in [-0.2, -0.15) is 0 Å². The van der Waals surface area contributed by atoms with Crippen LogP contribution in [0.1, 0.15) is 25.3 Å². The van der Waals surface area contributed by atoms with E-state index in [1.165, 1.54) is 0 Å². The number of carbonyl (C=O) groups excluding carboxylic acids is 1. The van der Waals surface area contributed by atoms with Crippen molar-refractivity contribution in [2.75, 3.05) is 6.61 Å². The van der Waals surface area contributed by atoms with E-state index >= 15 is 0 Å². The molecule has 0 saturated heterocycles. The molecule has 0 aliphatic heterocycles. The van der Waals surface area contributed by atoms with Crippen LogP contribution in [0.5, 0.6) is 0 Å². The fourth-order valence-electron chi connectivity index (χ4n) is 2.39. The van der Waals surface area contributed by atoms with Crippen molar-refractivity contribution in [2.24, 2.45) is 5.90 Å². The number of aromatic nitrogens is 2. The van der Waals surface area contributed by atoms with Crippen LogP contribution in [0.15, 0.2) is 55.1 Å². The minimum atomic E-state index is -0.744. The highest BCUT2D eigenvalue weighted by atomic mass is 16.6. The van der Waals surface area contributed by atoms with E-state index in [-0.39, 0.29) is 0 Å². The molecule has 0 aliphatic rings. The molecular formula is C18H23N3O3. The van der Waals surface area contributed by atoms with Crippen LogP contribution < -0.4 is 5.90 Å². The first-order valence-corrected chi connectivity index (χ1v) is 7.97. The van der Waals surface area contributed by atoms with Gasteiger partial charge in [-0.25, -0.2) is 15.7 Å². The second kappa shape index (κ2) is 9.64. The zero-order valence-electron chi connectivity index (χ0n) is 13.8. The molecule has 0 bridgehead atoms. The van der Waals surface area contributed by atoms with Gasteiger partial charge in [-0.15, -0.1) is 0 Å². The van der Waals surface area contributed by atoms with E-state index in [9.17, 15) is 4.79 Å². The first-order chi connectivity index (χ1) is 11.7. The monoisotopic (exact) mass is 329 g/mol. The van der Waals surface area contributed by atoms with E-state index in [2.05, 4.69) is 23.2 Å². The smallest absolute Gasteiger partial charge is 0.337 e. The van der Waals surface area contributed by atoms with Gasteiger partial charge in [0, 0.05) is 18.9 Å². The molecule has 0 aliphatic carbocycles. The van der Waals surface area contributed by atoms with Crippen molar-refractivity contribution in [1.29, 1.82) is 0 Å². The molecule has 128 valence electrons. The Morgan fingerprint density at radius 3 is 2.79 bits per heavy atom. The van der Waals surface area contributed by atoms with Crippen LogP contribution in [-0.4, -0.2) is 28.2 Å². The molecule has 0 amide bonds. The molecule has 1 aromatic heterocycles. The summed E-state index contributed by atoms with van der Waals surface area (Å²) in [5.41, 5.74) is 2.28. The molecule has 1 aromatic carbocycles. The predicted molar refractivity (Wildman–Crippen MR) is 91.6 cm³/mol. The Labute approximate surface area is 141 Å². The molecule has 0 spiro atoms. The maximum absolute atomic E-state index is 11.7. The number of imidazole rings is 1. The molecule has 24 heavy (non-hydrogen) atoms. The topological polar surface area (TPSA) is 79.4 Å². The van der Waals surface area contributed by atoms with Crippen molar-refractivity contribution in [1.82, 2.24) is 9.55 Å². The van der Waals surface area contributed by atoms with Crippen LogP contribution in [0.25, 0.3) is 5.57 Å². The molecule has 1 atom stereocenters. The highest BCUT2D eigenvalue weighted by Crippen LogP contribution is 2.18. The first kappa shape index (κ1) is 17.9. The highest BCUT2D eigenvalue weighted by Gasteiger charge is 2.19. The lowest BCUT2D eigenvalue weighted by Crippen LogP contribution is -2.29. The standard InChI is InChI=1S/C18H23N3O3/c1-2-23-18(22)17(24-19)10-6-9-16(13-21-12-11-20-14-21)15-7-4-3-5-8-15/h3-5,7-9,11-12,14,17H,2,6,10,13,19H2,1H3. The molecule has 6 heteroatoms. The number of carbonyl (C=O) groups is 1. The Kier molecular flexibility index (Phi) is 7.20. The Morgan fingerprint density at radius 2 is 2.17 bits per heavy atom. The first-order valence-electron chi connectivity index (χ1n) is 7.97. The molecule has 1 unspecified atom stereocenters. The van der Waals surface area contributed by atoms with E-state index in [0.29, 0.717) is 26.0 Å². The summed E-state index contributed by atoms with van der Waals surface area (Å²) in [4.78, 5) is 20.5. The van der Waals surface area contributed by atoms with Crippen molar-refractivity contribution < 1.29 is 14.4 Å². The van der Waals surface area contributed by atoms with E-state index < -0.39 is 12.1 Å². The summed E-state index contributed by atoms with van der Waals surface area (Å²) in [5, 5.41) is 0.